The monoisotopic (exact) mass is 902 g/mol. The number of esters is 2. The van der Waals surface area contributed by atoms with E-state index >= 15 is 0 Å². The van der Waals surface area contributed by atoms with Crippen LogP contribution in [-0.4, -0.2) is 70.3 Å². The van der Waals surface area contributed by atoms with Crippen molar-refractivity contribution >= 4 is 11.9 Å². The Morgan fingerprint density at radius 2 is 0.803 bits per heavy atom. The molecule has 0 aromatic carbocycles. The van der Waals surface area contributed by atoms with Crippen molar-refractivity contribution in [1.82, 2.24) is 0 Å². The van der Waals surface area contributed by atoms with Crippen LogP contribution in [0.2, 0.25) is 0 Å². The van der Waals surface area contributed by atoms with E-state index in [0.717, 1.165) is 6.42 Å². The molecule has 0 saturated heterocycles. The maximum Gasteiger partial charge on any atom is 0.430 e. The average Bonchev–Trinajstić information content (AvgIpc) is 3.97. The van der Waals surface area contributed by atoms with Gasteiger partial charge in [0.1, 0.15) is 12.2 Å². The largest absolute Gasteiger partial charge is 0.458 e. The standard InChI is InChI=1S/C22H32F6O3.C21H30F6O3/c1-12-13(2)16-10-15(12)11-19(16,3)18(29)31-17(9-14-7-5-4-6-8-14)20(30,21(23,24)25)22(26,27)28;1-11-12(2)15-9-14(11)10-18(15,3)17(28)30-16(8-13-6-4-5-7-13)19(29,20(22,23)24)21(25,26)27/h12-17,30H,4-11H2,1-3H3;11-16,29H,4-10H2,1-3H3. The molecule has 18 heteroatoms. The van der Waals surface area contributed by atoms with Crippen LogP contribution in [0.3, 0.4) is 0 Å². The number of ether oxygens (including phenoxy) is 2. The van der Waals surface area contributed by atoms with Gasteiger partial charge in [-0.15, -0.1) is 0 Å². The van der Waals surface area contributed by atoms with Crippen molar-refractivity contribution in [2.75, 3.05) is 0 Å². The van der Waals surface area contributed by atoms with Crippen molar-refractivity contribution in [3.8, 4) is 0 Å². The van der Waals surface area contributed by atoms with Crippen molar-refractivity contribution < 1.29 is 82.0 Å². The molecule has 4 bridgehead atoms. The van der Waals surface area contributed by atoms with E-state index in [1.54, 1.807) is 13.8 Å². The summed E-state index contributed by atoms with van der Waals surface area (Å²) in [6.07, 6.45) is -23.2. The molecule has 0 heterocycles. The summed E-state index contributed by atoms with van der Waals surface area (Å²) in [5, 5.41) is 20.0. The highest BCUT2D eigenvalue weighted by Crippen LogP contribution is 2.63. The maximum atomic E-state index is 13.6. The molecule has 0 radical (unpaired) electrons. The van der Waals surface area contributed by atoms with E-state index in [0.29, 0.717) is 88.9 Å². The Kier molecular flexibility index (Phi) is 14.0. The Bertz CT molecular complexity index is 1520. The molecule has 354 valence electrons. The Hall–Kier alpha value is -1.98. The van der Waals surface area contributed by atoms with Crippen LogP contribution in [0.15, 0.2) is 0 Å². The zero-order valence-electron chi connectivity index (χ0n) is 35.6. The lowest BCUT2D eigenvalue weighted by molar-refractivity contribution is -0.393. The molecule has 6 aliphatic carbocycles. The Morgan fingerprint density at radius 1 is 0.525 bits per heavy atom. The number of hydrogen-bond acceptors (Lipinski definition) is 6. The van der Waals surface area contributed by atoms with Crippen LogP contribution in [0.5, 0.6) is 0 Å². The van der Waals surface area contributed by atoms with Crippen LogP contribution < -0.4 is 0 Å². The summed E-state index contributed by atoms with van der Waals surface area (Å²) in [6, 6.07) is 0. The highest BCUT2D eigenvalue weighted by Gasteiger charge is 2.77. The van der Waals surface area contributed by atoms with Crippen molar-refractivity contribution in [2.24, 2.45) is 70.0 Å². The first-order valence-corrected chi connectivity index (χ1v) is 21.9. The highest BCUT2D eigenvalue weighted by molar-refractivity contribution is 5.78. The summed E-state index contributed by atoms with van der Waals surface area (Å²) in [7, 11) is 0. The van der Waals surface area contributed by atoms with E-state index in [2.05, 4.69) is 13.8 Å². The summed E-state index contributed by atoms with van der Waals surface area (Å²) >= 11 is 0. The predicted octanol–water partition coefficient (Wildman–Crippen LogP) is 11.7. The average molecular weight is 903 g/mol. The van der Waals surface area contributed by atoms with Crippen LogP contribution in [0.25, 0.3) is 0 Å². The fourth-order valence-electron chi connectivity index (χ4n) is 12.6. The van der Waals surface area contributed by atoms with Gasteiger partial charge in [0, 0.05) is 0 Å². The molecule has 0 aromatic rings. The van der Waals surface area contributed by atoms with E-state index in [4.69, 9.17) is 9.47 Å². The van der Waals surface area contributed by atoms with Gasteiger partial charge >= 0.3 is 36.6 Å². The van der Waals surface area contributed by atoms with Crippen LogP contribution in [0, 0.1) is 70.0 Å². The lowest BCUT2D eigenvalue weighted by Gasteiger charge is -2.43. The minimum Gasteiger partial charge on any atom is -0.458 e. The third kappa shape index (κ3) is 8.90. The van der Waals surface area contributed by atoms with Gasteiger partial charge in [0.05, 0.1) is 10.8 Å². The zero-order chi connectivity index (χ0) is 46.1. The van der Waals surface area contributed by atoms with Gasteiger partial charge in [-0.3, -0.25) is 9.59 Å². The van der Waals surface area contributed by atoms with Crippen molar-refractivity contribution in [3.63, 3.8) is 0 Å². The predicted molar refractivity (Wildman–Crippen MR) is 197 cm³/mol. The minimum absolute atomic E-state index is 0.122. The van der Waals surface area contributed by atoms with Crippen LogP contribution in [0.1, 0.15) is 138 Å². The van der Waals surface area contributed by atoms with Crippen LogP contribution in [0.4, 0.5) is 52.7 Å². The Labute approximate surface area is 349 Å². The number of aliphatic hydroxyl groups is 2. The smallest absolute Gasteiger partial charge is 0.430 e. The van der Waals surface area contributed by atoms with Gasteiger partial charge in [0.25, 0.3) is 11.2 Å². The van der Waals surface area contributed by atoms with Crippen molar-refractivity contribution in [3.05, 3.63) is 0 Å². The van der Waals surface area contributed by atoms with E-state index in [9.17, 15) is 72.5 Å². The van der Waals surface area contributed by atoms with Gasteiger partial charge in [0.2, 0.25) is 0 Å². The molecule has 12 atom stereocenters. The summed E-state index contributed by atoms with van der Waals surface area (Å²) in [5.74, 6) is -2.01. The van der Waals surface area contributed by atoms with Gasteiger partial charge in [-0.05, 0) is 112 Å². The van der Waals surface area contributed by atoms with Gasteiger partial charge < -0.3 is 19.7 Å². The molecule has 2 N–H and O–H groups in total. The van der Waals surface area contributed by atoms with Gasteiger partial charge in [-0.1, -0.05) is 85.5 Å². The normalized spacial score (nSPS) is 36.1. The molecular formula is C43H62F12O6. The summed E-state index contributed by atoms with van der Waals surface area (Å²) < 4.78 is 173. The lowest BCUT2D eigenvalue weighted by atomic mass is 9.66. The van der Waals surface area contributed by atoms with E-state index in [1.807, 2.05) is 13.8 Å². The quantitative estimate of drug-likeness (QED) is 0.168. The first-order valence-electron chi connectivity index (χ1n) is 21.9. The number of carbonyl (C=O) groups excluding carboxylic acids is 2. The number of hydrogen-bond donors (Lipinski definition) is 2. The molecular weight excluding hydrogens is 840 g/mol. The van der Waals surface area contributed by atoms with Gasteiger partial charge in [-0.2, -0.15) is 52.7 Å². The van der Waals surface area contributed by atoms with Gasteiger partial charge in [-0.25, -0.2) is 0 Å². The summed E-state index contributed by atoms with van der Waals surface area (Å²) in [6.45, 7) is 11.2. The molecule has 6 nitrogen and oxygen atoms in total. The molecule has 6 aliphatic rings. The van der Waals surface area contributed by atoms with Crippen LogP contribution in [-0.2, 0) is 19.1 Å². The summed E-state index contributed by atoms with van der Waals surface area (Å²) in [5.41, 5.74) is -12.5. The number of carbonyl (C=O) groups is 2. The molecule has 61 heavy (non-hydrogen) atoms. The zero-order valence-corrected chi connectivity index (χ0v) is 35.6. The molecule has 12 unspecified atom stereocenters. The van der Waals surface area contributed by atoms with E-state index in [-0.39, 0.29) is 35.5 Å². The fourth-order valence-corrected chi connectivity index (χ4v) is 12.6. The Morgan fingerprint density at radius 3 is 1.05 bits per heavy atom. The molecule has 0 aliphatic heterocycles. The Balaban J connectivity index is 0.000000231. The summed E-state index contributed by atoms with van der Waals surface area (Å²) in [4.78, 5) is 26.1. The minimum atomic E-state index is -6.03. The van der Waals surface area contributed by atoms with Crippen molar-refractivity contribution in [1.29, 1.82) is 0 Å². The first kappa shape index (κ1) is 50.0. The third-order valence-electron chi connectivity index (χ3n) is 16.9. The second-order valence-electron chi connectivity index (χ2n) is 20.3. The van der Waals surface area contributed by atoms with Crippen molar-refractivity contribution in [2.45, 2.75) is 186 Å². The molecule has 6 rings (SSSR count). The van der Waals surface area contributed by atoms with Gasteiger partial charge in [0.15, 0.2) is 0 Å². The molecule has 0 spiro atoms. The molecule has 0 amide bonds. The molecule has 0 aromatic heterocycles. The number of fused-ring (bicyclic) bond motifs is 4. The van der Waals surface area contributed by atoms with E-state index in [1.165, 1.54) is 0 Å². The molecule has 6 fully saturated rings. The fraction of sp³-hybridized carbons (Fsp3) is 0.953. The number of rotatable bonds is 10. The van der Waals surface area contributed by atoms with E-state index < -0.39 is 95.6 Å². The second-order valence-corrected chi connectivity index (χ2v) is 20.3. The number of halogens is 12. The third-order valence-corrected chi connectivity index (χ3v) is 16.9. The van der Waals surface area contributed by atoms with Crippen LogP contribution >= 0.6 is 0 Å². The SMILES string of the molecule is CC1C2CC(C1C)C(C)(C(=O)OC(CC1CCCC1)C(O)(C(F)(F)F)C(F)(F)F)C2.CC1C2CC(C1C)C(C)(C(=O)OC(CC1CCCCC1)C(O)(C(F)(F)F)C(F)(F)F)C2. The lowest BCUT2D eigenvalue weighted by Crippen LogP contribution is -2.66. The number of alkyl halides is 12. The topological polar surface area (TPSA) is 93.1 Å². The maximum absolute atomic E-state index is 13.6. The highest BCUT2D eigenvalue weighted by atomic mass is 19.4. The second kappa shape index (κ2) is 17.1. The molecule has 6 saturated carbocycles. The first-order chi connectivity index (χ1) is 27.8.